The van der Waals surface area contributed by atoms with Crippen molar-refractivity contribution in [1.29, 1.82) is 0 Å². The van der Waals surface area contributed by atoms with Gasteiger partial charge in [0.1, 0.15) is 5.82 Å². The van der Waals surface area contributed by atoms with Gasteiger partial charge in [-0.05, 0) is 40.1 Å². The van der Waals surface area contributed by atoms with Gasteiger partial charge in [-0.1, -0.05) is 0 Å². The summed E-state index contributed by atoms with van der Waals surface area (Å²) in [5.41, 5.74) is 6.53. The molecule has 0 atom stereocenters. The van der Waals surface area contributed by atoms with Gasteiger partial charge in [-0.2, -0.15) is 0 Å². The Morgan fingerprint density at radius 3 is 2.63 bits per heavy atom. The number of nitrogens with one attached hydrogen (secondary N) is 1. The normalized spacial score (nSPS) is 11.5. The Kier molecular flexibility index (Phi) is 4.72. The molecule has 0 bridgehead atoms. The van der Waals surface area contributed by atoms with Crippen LogP contribution in [0.1, 0.15) is 24.3 Å². The van der Waals surface area contributed by atoms with Gasteiger partial charge in [0.15, 0.2) is 5.69 Å². The number of pyridine rings is 1. The highest BCUT2D eigenvalue weighted by molar-refractivity contribution is 5.88. The van der Waals surface area contributed by atoms with Crippen molar-refractivity contribution in [3.8, 4) is 0 Å². The van der Waals surface area contributed by atoms with Crippen LogP contribution < -0.4 is 11.1 Å². The fraction of sp³-hybridized carbons (Fsp3) is 0.538. The molecule has 0 unspecified atom stereocenters. The Morgan fingerprint density at radius 2 is 2.11 bits per heavy atom. The summed E-state index contributed by atoms with van der Waals surface area (Å²) in [5.74, 6) is 0.0211. The molecule has 6 nitrogen and oxygen atoms in total. The highest BCUT2D eigenvalue weighted by Gasteiger charge is 2.21. The number of hydrogen-bond donors (Lipinski definition) is 2. The molecule has 0 saturated carbocycles. The lowest BCUT2D eigenvalue weighted by Crippen LogP contribution is -2.44. The van der Waals surface area contributed by atoms with E-state index in [-0.39, 0.29) is 11.2 Å². The van der Waals surface area contributed by atoms with Gasteiger partial charge < -0.3 is 20.7 Å². The number of hydrogen-bond acceptors (Lipinski definition) is 6. The third-order valence-electron chi connectivity index (χ3n) is 3.22. The topological polar surface area (TPSA) is 80.5 Å². The fourth-order valence-electron chi connectivity index (χ4n) is 1.29. The summed E-state index contributed by atoms with van der Waals surface area (Å²) < 4.78 is 4.64. The zero-order valence-electron chi connectivity index (χ0n) is 12.2. The van der Waals surface area contributed by atoms with Gasteiger partial charge >= 0.3 is 5.97 Å². The van der Waals surface area contributed by atoms with E-state index in [9.17, 15) is 4.79 Å². The predicted octanol–water partition coefficient (Wildman–Crippen LogP) is 1.20. The summed E-state index contributed by atoms with van der Waals surface area (Å²) in [6.45, 7) is 4.85. The number of methoxy groups -OCH3 is 1. The fourth-order valence-corrected chi connectivity index (χ4v) is 1.29. The number of carbonyl (C=O) groups is 1. The zero-order chi connectivity index (χ0) is 14.6. The second-order valence-electron chi connectivity index (χ2n) is 5.19. The first-order valence-corrected chi connectivity index (χ1v) is 6.04. The molecule has 0 saturated heterocycles. The maximum absolute atomic E-state index is 11.4. The first-order chi connectivity index (χ1) is 8.77. The number of nitrogens with two attached hydrogens (primary N) is 1. The van der Waals surface area contributed by atoms with E-state index < -0.39 is 5.97 Å². The molecule has 6 heteroatoms. The minimum atomic E-state index is -0.477. The molecule has 3 N–H and O–H groups in total. The molecule has 0 aliphatic rings. The van der Waals surface area contributed by atoms with E-state index in [4.69, 9.17) is 5.73 Å². The molecule has 0 aliphatic heterocycles. The summed E-state index contributed by atoms with van der Waals surface area (Å²) in [4.78, 5) is 17.7. The van der Waals surface area contributed by atoms with Crippen LogP contribution in [-0.2, 0) is 4.74 Å². The van der Waals surface area contributed by atoms with Crippen molar-refractivity contribution in [3.05, 3.63) is 17.8 Å². The number of nitrogen functional groups attached to an aromatic ring is 1. The van der Waals surface area contributed by atoms with Gasteiger partial charge in [0, 0.05) is 12.1 Å². The minimum Gasteiger partial charge on any atom is -0.464 e. The van der Waals surface area contributed by atoms with Crippen LogP contribution in [0, 0.1) is 0 Å². The van der Waals surface area contributed by atoms with E-state index in [0.717, 1.165) is 0 Å². The Bertz CT molecular complexity index is 458. The molecule has 1 heterocycles. The van der Waals surface area contributed by atoms with Crippen LogP contribution >= 0.6 is 0 Å². The van der Waals surface area contributed by atoms with Crippen molar-refractivity contribution in [1.82, 2.24) is 9.88 Å². The Balaban J connectivity index is 2.86. The Labute approximate surface area is 113 Å². The van der Waals surface area contributed by atoms with Gasteiger partial charge in [0.25, 0.3) is 0 Å². The number of nitrogens with zero attached hydrogens (tertiary/aromatic N) is 2. The van der Waals surface area contributed by atoms with Crippen LogP contribution in [0.25, 0.3) is 0 Å². The predicted molar refractivity (Wildman–Crippen MR) is 76.2 cm³/mol. The van der Waals surface area contributed by atoms with Crippen molar-refractivity contribution >= 4 is 17.5 Å². The average molecular weight is 266 g/mol. The molecule has 0 amide bonds. The second kappa shape index (κ2) is 5.88. The summed E-state index contributed by atoms with van der Waals surface area (Å²) >= 11 is 0. The molecular weight excluding hydrogens is 244 g/mol. The lowest BCUT2D eigenvalue weighted by atomic mass is 10.0. The third kappa shape index (κ3) is 3.82. The summed E-state index contributed by atoms with van der Waals surface area (Å²) in [6, 6.07) is 3.19. The van der Waals surface area contributed by atoms with E-state index in [2.05, 4.69) is 33.8 Å². The van der Waals surface area contributed by atoms with Crippen molar-refractivity contribution in [2.75, 3.05) is 38.8 Å². The van der Waals surface area contributed by atoms with Crippen LogP contribution in [0.15, 0.2) is 12.1 Å². The van der Waals surface area contributed by atoms with Crippen LogP contribution in [0.4, 0.5) is 11.5 Å². The summed E-state index contributed by atoms with van der Waals surface area (Å²) in [7, 11) is 5.33. The number of esters is 1. The van der Waals surface area contributed by atoms with Gasteiger partial charge in [-0.15, -0.1) is 0 Å². The average Bonchev–Trinajstić information content (AvgIpc) is 2.36. The van der Waals surface area contributed by atoms with Crippen LogP contribution in [0.5, 0.6) is 0 Å². The maximum Gasteiger partial charge on any atom is 0.356 e. The van der Waals surface area contributed by atoms with Gasteiger partial charge in [0.2, 0.25) is 0 Å². The molecule has 0 aromatic carbocycles. The van der Waals surface area contributed by atoms with E-state index >= 15 is 0 Å². The van der Waals surface area contributed by atoms with Crippen molar-refractivity contribution in [2.45, 2.75) is 19.4 Å². The first kappa shape index (κ1) is 15.2. The number of rotatable bonds is 5. The van der Waals surface area contributed by atoms with Gasteiger partial charge in [-0.3, -0.25) is 0 Å². The quantitative estimate of drug-likeness (QED) is 0.780. The van der Waals surface area contributed by atoms with Crippen molar-refractivity contribution in [3.63, 3.8) is 0 Å². The van der Waals surface area contributed by atoms with E-state index in [1.165, 1.54) is 7.11 Å². The van der Waals surface area contributed by atoms with Crippen molar-refractivity contribution in [2.24, 2.45) is 0 Å². The SMILES string of the molecule is COC(=O)c1ccc(N)c(NCC(C)(C)N(C)C)n1. The van der Waals surface area contributed by atoms with Crippen LogP contribution in [-0.4, -0.2) is 49.1 Å². The number of ether oxygens (including phenoxy) is 1. The van der Waals surface area contributed by atoms with Crippen LogP contribution in [0.2, 0.25) is 0 Å². The van der Waals surface area contributed by atoms with Crippen molar-refractivity contribution < 1.29 is 9.53 Å². The number of aromatic nitrogens is 1. The molecule has 106 valence electrons. The molecule has 1 rings (SSSR count). The number of anilines is 2. The van der Waals surface area contributed by atoms with Crippen LogP contribution in [0.3, 0.4) is 0 Å². The number of likely N-dealkylation sites (N-methyl/N-ethyl adjacent to an activating group) is 1. The second-order valence-corrected chi connectivity index (χ2v) is 5.19. The van der Waals surface area contributed by atoms with E-state index in [1.807, 2.05) is 14.1 Å². The molecule has 0 radical (unpaired) electrons. The smallest absolute Gasteiger partial charge is 0.356 e. The highest BCUT2D eigenvalue weighted by Crippen LogP contribution is 2.18. The lowest BCUT2D eigenvalue weighted by Gasteiger charge is -2.33. The molecule has 1 aromatic rings. The standard InChI is InChI=1S/C13H22N4O2/c1-13(2,17(3)4)8-15-11-9(14)6-7-10(16-11)12(18)19-5/h6-7H,8,14H2,1-5H3,(H,15,16). The summed E-state index contributed by atoms with van der Waals surface area (Å²) in [5, 5.41) is 3.17. The Morgan fingerprint density at radius 1 is 1.47 bits per heavy atom. The number of carbonyl (C=O) groups excluding carboxylic acids is 1. The van der Waals surface area contributed by atoms with Gasteiger partial charge in [-0.25, -0.2) is 9.78 Å². The zero-order valence-corrected chi connectivity index (χ0v) is 12.2. The maximum atomic E-state index is 11.4. The minimum absolute atomic E-state index is 0.0601. The molecular formula is C13H22N4O2. The Hall–Kier alpha value is -1.82. The molecule has 0 spiro atoms. The first-order valence-electron chi connectivity index (χ1n) is 6.04. The summed E-state index contributed by atoms with van der Waals surface area (Å²) in [6.07, 6.45) is 0. The monoisotopic (exact) mass is 266 g/mol. The van der Waals surface area contributed by atoms with E-state index in [0.29, 0.717) is 18.1 Å². The lowest BCUT2D eigenvalue weighted by molar-refractivity contribution is 0.0594. The van der Waals surface area contributed by atoms with Gasteiger partial charge in [0.05, 0.1) is 12.8 Å². The molecule has 19 heavy (non-hydrogen) atoms. The largest absolute Gasteiger partial charge is 0.464 e. The third-order valence-corrected chi connectivity index (χ3v) is 3.22. The highest BCUT2D eigenvalue weighted by atomic mass is 16.5. The van der Waals surface area contributed by atoms with E-state index in [1.54, 1.807) is 12.1 Å². The molecule has 1 aromatic heterocycles. The molecule has 0 fully saturated rings. The molecule has 0 aliphatic carbocycles.